The van der Waals surface area contributed by atoms with Gasteiger partial charge in [0.25, 0.3) is 0 Å². The van der Waals surface area contributed by atoms with Crippen LogP contribution in [0.4, 0.5) is 0 Å². The number of aromatic nitrogens is 2. The van der Waals surface area contributed by atoms with Gasteiger partial charge >= 0.3 is 0 Å². The standard InChI is InChI=1S/C16H20ClN3/c1-10(16-9-18-20(3)11(16)2)19-15-7-12-4-5-14(17)6-13(12)8-15/h4-6,9-10,15,19H,7-8H2,1-3H3. The predicted octanol–water partition coefficient (Wildman–Crippen LogP) is 3.20. The zero-order valence-electron chi connectivity index (χ0n) is 12.2. The Kier molecular flexibility index (Phi) is 3.57. The molecule has 20 heavy (non-hydrogen) atoms. The van der Waals surface area contributed by atoms with Crippen LogP contribution in [0.15, 0.2) is 24.4 Å². The molecule has 0 radical (unpaired) electrons. The molecule has 4 heteroatoms. The summed E-state index contributed by atoms with van der Waals surface area (Å²) in [5, 5.41) is 8.88. The van der Waals surface area contributed by atoms with Gasteiger partial charge < -0.3 is 5.32 Å². The fraction of sp³-hybridized carbons (Fsp3) is 0.438. The van der Waals surface area contributed by atoms with Gasteiger partial charge in [-0.15, -0.1) is 0 Å². The Morgan fingerprint density at radius 3 is 2.80 bits per heavy atom. The lowest BCUT2D eigenvalue weighted by atomic mass is 10.1. The molecule has 1 heterocycles. The van der Waals surface area contributed by atoms with Crippen molar-refractivity contribution in [2.45, 2.75) is 38.8 Å². The fourth-order valence-electron chi connectivity index (χ4n) is 3.09. The van der Waals surface area contributed by atoms with Gasteiger partial charge in [-0.3, -0.25) is 4.68 Å². The van der Waals surface area contributed by atoms with E-state index in [1.54, 1.807) is 0 Å². The third-order valence-corrected chi connectivity index (χ3v) is 4.56. The van der Waals surface area contributed by atoms with Crippen molar-refractivity contribution < 1.29 is 0 Å². The molecule has 0 bridgehead atoms. The molecule has 2 aromatic rings. The van der Waals surface area contributed by atoms with Gasteiger partial charge in [0, 0.05) is 35.4 Å². The number of nitrogens with one attached hydrogen (secondary N) is 1. The lowest BCUT2D eigenvalue weighted by Crippen LogP contribution is -2.32. The minimum atomic E-state index is 0.318. The predicted molar refractivity (Wildman–Crippen MR) is 82.1 cm³/mol. The van der Waals surface area contributed by atoms with E-state index in [9.17, 15) is 0 Å². The van der Waals surface area contributed by atoms with Crippen LogP contribution in [0.5, 0.6) is 0 Å². The Morgan fingerprint density at radius 2 is 2.10 bits per heavy atom. The molecule has 1 N–H and O–H groups in total. The Labute approximate surface area is 124 Å². The van der Waals surface area contributed by atoms with E-state index in [1.165, 1.54) is 22.4 Å². The summed E-state index contributed by atoms with van der Waals surface area (Å²) in [6.45, 7) is 4.32. The number of rotatable bonds is 3. The largest absolute Gasteiger partial charge is 0.307 e. The number of hydrogen-bond acceptors (Lipinski definition) is 2. The number of nitrogens with zero attached hydrogens (tertiary/aromatic N) is 2. The summed E-state index contributed by atoms with van der Waals surface area (Å²) < 4.78 is 1.93. The first-order valence-corrected chi connectivity index (χ1v) is 7.44. The second kappa shape index (κ2) is 5.23. The highest BCUT2D eigenvalue weighted by molar-refractivity contribution is 6.30. The summed E-state index contributed by atoms with van der Waals surface area (Å²) in [7, 11) is 1.99. The maximum Gasteiger partial charge on any atom is 0.0540 e. The molecule has 0 saturated heterocycles. The van der Waals surface area contributed by atoms with Gasteiger partial charge in [0.05, 0.1) is 6.20 Å². The number of hydrogen-bond donors (Lipinski definition) is 1. The van der Waals surface area contributed by atoms with Gasteiger partial charge in [-0.25, -0.2) is 0 Å². The molecule has 2 unspecified atom stereocenters. The average Bonchev–Trinajstić information content (AvgIpc) is 2.93. The van der Waals surface area contributed by atoms with Gasteiger partial charge in [0.15, 0.2) is 0 Å². The molecule has 3 nitrogen and oxygen atoms in total. The highest BCUT2D eigenvalue weighted by atomic mass is 35.5. The molecule has 3 rings (SSSR count). The molecular weight excluding hydrogens is 270 g/mol. The maximum atomic E-state index is 6.06. The summed E-state index contributed by atoms with van der Waals surface area (Å²) in [5.74, 6) is 0. The number of halogens is 1. The van der Waals surface area contributed by atoms with Crippen LogP contribution in [0.1, 0.15) is 35.3 Å². The summed E-state index contributed by atoms with van der Waals surface area (Å²) in [5.41, 5.74) is 5.30. The molecule has 106 valence electrons. The SMILES string of the molecule is Cc1c(C(C)NC2Cc3ccc(Cl)cc3C2)cnn1C. The van der Waals surface area contributed by atoms with E-state index in [0.29, 0.717) is 12.1 Å². The summed E-state index contributed by atoms with van der Waals surface area (Å²) in [6.07, 6.45) is 4.10. The van der Waals surface area contributed by atoms with Crippen molar-refractivity contribution in [1.29, 1.82) is 0 Å². The first kappa shape index (κ1) is 13.7. The van der Waals surface area contributed by atoms with Crippen LogP contribution in [0.2, 0.25) is 5.02 Å². The van der Waals surface area contributed by atoms with Crippen molar-refractivity contribution >= 4 is 11.6 Å². The molecule has 1 aromatic carbocycles. The van der Waals surface area contributed by atoms with Gasteiger partial charge in [-0.05, 0) is 49.9 Å². The molecule has 0 amide bonds. The van der Waals surface area contributed by atoms with E-state index in [-0.39, 0.29) is 0 Å². The second-order valence-corrected chi connectivity index (χ2v) is 6.15. The van der Waals surface area contributed by atoms with Crippen molar-refractivity contribution in [3.8, 4) is 0 Å². The molecule has 1 aromatic heterocycles. The highest BCUT2D eigenvalue weighted by Crippen LogP contribution is 2.27. The van der Waals surface area contributed by atoms with E-state index in [4.69, 9.17) is 11.6 Å². The third kappa shape index (κ3) is 2.48. The lowest BCUT2D eigenvalue weighted by Gasteiger charge is -2.19. The molecule has 0 fully saturated rings. The van der Waals surface area contributed by atoms with Crippen LogP contribution in [-0.2, 0) is 19.9 Å². The molecule has 1 aliphatic carbocycles. The Bertz CT molecular complexity index is 633. The van der Waals surface area contributed by atoms with Gasteiger partial charge in [-0.2, -0.15) is 5.10 Å². The Morgan fingerprint density at radius 1 is 1.35 bits per heavy atom. The van der Waals surface area contributed by atoms with Crippen LogP contribution in [0.3, 0.4) is 0 Å². The number of aryl methyl sites for hydroxylation is 1. The van der Waals surface area contributed by atoms with Crippen molar-refractivity contribution in [3.05, 3.63) is 51.8 Å². The number of fused-ring (bicyclic) bond motifs is 1. The van der Waals surface area contributed by atoms with Crippen molar-refractivity contribution in [3.63, 3.8) is 0 Å². The van der Waals surface area contributed by atoms with Crippen molar-refractivity contribution in [2.75, 3.05) is 0 Å². The molecule has 0 saturated carbocycles. The van der Waals surface area contributed by atoms with E-state index in [1.807, 2.05) is 24.0 Å². The quantitative estimate of drug-likeness (QED) is 0.940. The Balaban J connectivity index is 1.70. The first-order chi connectivity index (χ1) is 9.54. The zero-order chi connectivity index (χ0) is 14.3. The lowest BCUT2D eigenvalue weighted by molar-refractivity contribution is 0.466. The maximum absolute atomic E-state index is 6.06. The molecule has 0 aliphatic heterocycles. The van der Waals surface area contributed by atoms with Gasteiger partial charge in [-0.1, -0.05) is 17.7 Å². The van der Waals surface area contributed by atoms with Gasteiger partial charge in [0.2, 0.25) is 0 Å². The minimum absolute atomic E-state index is 0.318. The number of benzene rings is 1. The van der Waals surface area contributed by atoms with Crippen LogP contribution in [0.25, 0.3) is 0 Å². The van der Waals surface area contributed by atoms with Crippen LogP contribution in [-0.4, -0.2) is 15.8 Å². The molecule has 1 aliphatic rings. The van der Waals surface area contributed by atoms with Crippen LogP contribution in [0, 0.1) is 6.92 Å². The third-order valence-electron chi connectivity index (χ3n) is 4.33. The van der Waals surface area contributed by atoms with Crippen molar-refractivity contribution in [2.24, 2.45) is 7.05 Å². The zero-order valence-corrected chi connectivity index (χ0v) is 12.9. The minimum Gasteiger partial charge on any atom is -0.307 e. The van der Waals surface area contributed by atoms with E-state index in [0.717, 1.165) is 17.9 Å². The van der Waals surface area contributed by atoms with Crippen LogP contribution < -0.4 is 5.32 Å². The topological polar surface area (TPSA) is 29.9 Å². The van der Waals surface area contributed by atoms with E-state index >= 15 is 0 Å². The average molecular weight is 290 g/mol. The first-order valence-electron chi connectivity index (χ1n) is 7.06. The van der Waals surface area contributed by atoms with E-state index in [2.05, 4.69) is 36.4 Å². The molecule has 0 spiro atoms. The molecular formula is C16H20ClN3. The van der Waals surface area contributed by atoms with Gasteiger partial charge in [0.1, 0.15) is 0 Å². The van der Waals surface area contributed by atoms with E-state index < -0.39 is 0 Å². The summed E-state index contributed by atoms with van der Waals surface area (Å²) >= 11 is 6.06. The highest BCUT2D eigenvalue weighted by Gasteiger charge is 2.24. The summed E-state index contributed by atoms with van der Waals surface area (Å²) in [6, 6.07) is 7.03. The normalized spacial score (nSPS) is 19.1. The van der Waals surface area contributed by atoms with Crippen molar-refractivity contribution in [1.82, 2.24) is 15.1 Å². The second-order valence-electron chi connectivity index (χ2n) is 5.72. The van der Waals surface area contributed by atoms with Crippen LogP contribution >= 0.6 is 11.6 Å². The fourth-order valence-corrected chi connectivity index (χ4v) is 3.28. The summed E-state index contributed by atoms with van der Waals surface area (Å²) in [4.78, 5) is 0. The molecule has 2 atom stereocenters. The Hall–Kier alpha value is -1.32. The smallest absolute Gasteiger partial charge is 0.0540 e. The monoisotopic (exact) mass is 289 g/mol.